The third kappa shape index (κ3) is 3.29. The van der Waals surface area contributed by atoms with E-state index in [1.165, 1.54) is 11.1 Å². The molecule has 1 amide bonds. The number of anilines is 1. The first-order valence-electron chi connectivity index (χ1n) is 7.79. The number of amides is 1. The minimum absolute atomic E-state index is 0.0800. The van der Waals surface area contributed by atoms with Crippen LogP contribution < -0.4 is 4.90 Å². The number of aromatic nitrogens is 1. The Hall–Kier alpha value is -2.14. The van der Waals surface area contributed by atoms with E-state index in [1.807, 2.05) is 19.1 Å². The van der Waals surface area contributed by atoms with Crippen molar-refractivity contribution < 1.29 is 9.21 Å². The van der Waals surface area contributed by atoms with Crippen LogP contribution in [0.2, 0.25) is 0 Å². The van der Waals surface area contributed by atoms with Crippen molar-refractivity contribution in [3.63, 3.8) is 0 Å². The van der Waals surface area contributed by atoms with Crippen molar-refractivity contribution in [1.29, 1.82) is 0 Å². The Bertz CT molecular complexity index is 782. The fourth-order valence-electron chi connectivity index (χ4n) is 2.45. The van der Waals surface area contributed by atoms with Crippen LogP contribution >= 0.6 is 11.3 Å². The number of hydrogen-bond acceptors (Lipinski definition) is 4. The molecule has 0 fully saturated rings. The summed E-state index contributed by atoms with van der Waals surface area (Å²) in [5, 5.41) is 0.736. The maximum atomic E-state index is 12.5. The number of thiazole rings is 1. The molecule has 0 saturated heterocycles. The lowest BCUT2D eigenvalue weighted by Crippen LogP contribution is -2.29. The predicted molar refractivity (Wildman–Crippen MR) is 93.9 cm³/mol. The Morgan fingerprint density at radius 2 is 2.09 bits per heavy atom. The molecule has 3 aromatic rings. The molecule has 0 saturated carbocycles. The number of rotatable bonds is 5. The van der Waals surface area contributed by atoms with Gasteiger partial charge in [0.05, 0.1) is 23.0 Å². The van der Waals surface area contributed by atoms with Gasteiger partial charge in [0.25, 0.3) is 0 Å². The maximum Gasteiger partial charge on any atom is 0.229 e. The molecule has 120 valence electrons. The van der Waals surface area contributed by atoms with Crippen LogP contribution in [0.25, 0.3) is 10.2 Å². The smallest absolute Gasteiger partial charge is 0.229 e. The van der Waals surface area contributed by atoms with Crippen LogP contribution in [-0.4, -0.2) is 10.9 Å². The number of carbonyl (C=O) groups excluding carboxylic acids is 1. The van der Waals surface area contributed by atoms with E-state index in [9.17, 15) is 4.79 Å². The molecule has 0 aliphatic rings. The lowest BCUT2D eigenvalue weighted by molar-refractivity contribution is -0.118. The molecule has 2 aromatic heterocycles. The highest BCUT2D eigenvalue weighted by Gasteiger charge is 2.20. The van der Waals surface area contributed by atoms with Crippen LogP contribution in [0.1, 0.15) is 36.7 Å². The lowest BCUT2D eigenvalue weighted by atomic mass is 10.1. The molecule has 3 rings (SSSR count). The SMILES string of the molecule is CCCC(=O)N(Cc1ccco1)c1nc2cc(C)c(C)cc2s1. The zero-order valence-corrected chi connectivity index (χ0v) is 14.4. The quantitative estimate of drug-likeness (QED) is 0.673. The zero-order valence-electron chi connectivity index (χ0n) is 13.6. The van der Waals surface area contributed by atoms with Gasteiger partial charge < -0.3 is 4.42 Å². The Labute approximate surface area is 139 Å². The minimum atomic E-state index is 0.0800. The van der Waals surface area contributed by atoms with Crippen LogP contribution in [0.15, 0.2) is 34.9 Å². The van der Waals surface area contributed by atoms with Crippen molar-refractivity contribution in [2.24, 2.45) is 0 Å². The van der Waals surface area contributed by atoms with Gasteiger partial charge in [-0.05, 0) is 55.7 Å². The van der Waals surface area contributed by atoms with Gasteiger partial charge in [0.2, 0.25) is 5.91 Å². The number of nitrogens with zero attached hydrogens (tertiary/aromatic N) is 2. The van der Waals surface area contributed by atoms with Gasteiger partial charge >= 0.3 is 0 Å². The molecule has 0 radical (unpaired) electrons. The summed E-state index contributed by atoms with van der Waals surface area (Å²) in [4.78, 5) is 18.9. The van der Waals surface area contributed by atoms with Gasteiger partial charge in [-0.1, -0.05) is 18.3 Å². The van der Waals surface area contributed by atoms with Crippen LogP contribution in [0.4, 0.5) is 5.13 Å². The molecule has 0 spiro atoms. The fraction of sp³-hybridized carbons (Fsp3) is 0.333. The molecular formula is C18H20N2O2S. The first kappa shape index (κ1) is 15.7. The molecule has 2 heterocycles. The molecule has 1 aromatic carbocycles. The summed E-state index contributed by atoms with van der Waals surface area (Å²) in [7, 11) is 0. The summed E-state index contributed by atoms with van der Waals surface area (Å²) in [6.07, 6.45) is 2.95. The van der Waals surface area contributed by atoms with Gasteiger partial charge in [0.15, 0.2) is 5.13 Å². The second kappa shape index (κ2) is 6.54. The Balaban J connectivity index is 1.99. The van der Waals surface area contributed by atoms with E-state index < -0.39 is 0 Å². The molecular weight excluding hydrogens is 308 g/mol. The molecule has 0 N–H and O–H groups in total. The molecule has 0 unspecified atom stereocenters. The van der Waals surface area contributed by atoms with Crippen molar-refractivity contribution in [3.8, 4) is 0 Å². The summed E-state index contributed by atoms with van der Waals surface area (Å²) in [6, 6.07) is 7.94. The number of fused-ring (bicyclic) bond motifs is 1. The van der Waals surface area contributed by atoms with Gasteiger partial charge in [-0.3, -0.25) is 9.69 Å². The van der Waals surface area contributed by atoms with Gasteiger partial charge in [-0.25, -0.2) is 4.98 Å². The standard InChI is InChI=1S/C18H20N2O2S/c1-4-6-17(21)20(11-14-7-5-8-22-14)18-19-15-9-12(2)13(3)10-16(15)23-18/h5,7-10H,4,6,11H2,1-3H3. The summed E-state index contributed by atoms with van der Waals surface area (Å²) in [6.45, 7) is 6.60. The number of carbonyl (C=O) groups is 1. The second-order valence-corrected chi connectivity index (χ2v) is 6.72. The molecule has 5 heteroatoms. The van der Waals surface area contributed by atoms with Crippen molar-refractivity contribution in [3.05, 3.63) is 47.4 Å². The van der Waals surface area contributed by atoms with E-state index in [1.54, 1.807) is 22.5 Å². The van der Waals surface area contributed by atoms with E-state index >= 15 is 0 Å². The number of aryl methyl sites for hydroxylation is 2. The number of furan rings is 1. The second-order valence-electron chi connectivity index (χ2n) is 5.71. The largest absolute Gasteiger partial charge is 0.467 e. The van der Waals surface area contributed by atoms with Gasteiger partial charge in [0, 0.05) is 6.42 Å². The number of benzene rings is 1. The predicted octanol–water partition coefficient (Wildman–Crippen LogP) is 4.84. The van der Waals surface area contributed by atoms with Crippen LogP contribution in [0.3, 0.4) is 0 Å². The number of hydrogen-bond donors (Lipinski definition) is 0. The van der Waals surface area contributed by atoms with Crippen molar-refractivity contribution in [2.75, 3.05) is 4.90 Å². The van der Waals surface area contributed by atoms with Gasteiger partial charge in [0.1, 0.15) is 5.76 Å². The monoisotopic (exact) mass is 328 g/mol. The van der Waals surface area contributed by atoms with Crippen LogP contribution in [0, 0.1) is 13.8 Å². The van der Waals surface area contributed by atoms with Crippen LogP contribution in [-0.2, 0) is 11.3 Å². The van der Waals surface area contributed by atoms with E-state index in [2.05, 4.69) is 31.0 Å². The first-order chi connectivity index (χ1) is 11.1. The first-order valence-corrected chi connectivity index (χ1v) is 8.60. The molecule has 0 aliphatic carbocycles. The van der Waals surface area contributed by atoms with Gasteiger partial charge in [-0.15, -0.1) is 0 Å². The molecule has 0 bridgehead atoms. The average Bonchev–Trinajstić information content (AvgIpc) is 3.14. The Morgan fingerprint density at radius 1 is 1.30 bits per heavy atom. The van der Waals surface area contributed by atoms with Crippen LogP contribution in [0.5, 0.6) is 0 Å². The third-order valence-electron chi connectivity index (χ3n) is 3.88. The van der Waals surface area contributed by atoms with Crippen molar-refractivity contribution in [2.45, 2.75) is 40.2 Å². The highest BCUT2D eigenvalue weighted by Crippen LogP contribution is 2.32. The highest BCUT2D eigenvalue weighted by atomic mass is 32.1. The zero-order chi connectivity index (χ0) is 16.4. The van der Waals surface area contributed by atoms with Crippen molar-refractivity contribution in [1.82, 2.24) is 4.98 Å². The summed E-state index contributed by atoms with van der Waals surface area (Å²) >= 11 is 1.56. The van der Waals surface area contributed by atoms with Crippen molar-refractivity contribution >= 4 is 32.6 Å². The topological polar surface area (TPSA) is 46.3 Å². The highest BCUT2D eigenvalue weighted by molar-refractivity contribution is 7.22. The third-order valence-corrected chi connectivity index (χ3v) is 4.92. The summed E-state index contributed by atoms with van der Waals surface area (Å²) in [5.41, 5.74) is 3.40. The van der Waals surface area contributed by atoms with E-state index in [0.717, 1.165) is 27.5 Å². The van der Waals surface area contributed by atoms with E-state index in [4.69, 9.17) is 4.42 Å². The summed E-state index contributed by atoms with van der Waals surface area (Å²) < 4.78 is 6.52. The maximum absolute atomic E-state index is 12.5. The average molecular weight is 328 g/mol. The normalized spacial score (nSPS) is 11.1. The molecule has 0 aliphatic heterocycles. The Kier molecular flexibility index (Phi) is 4.48. The minimum Gasteiger partial charge on any atom is -0.467 e. The van der Waals surface area contributed by atoms with Gasteiger partial charge in [-0.2, -0.15) is 0 Å². The molecule has 23 heavy (non-hydrogen) atoms. The fourth-order valence-corrected chi connectivity index (χ4v) is 3.52. The Morgan fingerprint density at radius 3 is 2.78 bits per heavy atom. The lowest BCUT2D eigenvalue weighted by Gasteiger charge is -2.18. The molecule has 4 nitrogen and oxygen atoms in total. The van der Waals surface area contributed by atoms with E-state index in [0.29, 0.717) is 13.0 Å². The van der Waals surface area contributed by atoms with E-state index in [-0.39, 0.29) is 5.91 Å². The summed E-state index contributed by atoms with van der Waals surface area (Å²) in [5.74, 6) is 0.845. The molecule has 0 atom stereocenters.